The molecule has 2 fully saturated rings. The molecule has 5 atom stereocenters. The Hall–Kier alpha value is -0.610. The van der Waals surface area contributed by atoms with Crippen LogP contribution in [0.4, 0.5) is 0 Å². The number of ether oxygens (including phenoxy) is 1. The Labute approximate surface area is 116 Å². The normalized spacial score (nSPS) is 39.2. The molecule has 1 saturated carbocycles. The Kier molecular flexibility index (Phi) is 5.22. The molecule has 0 aromatic heterocycles. The third-order valence-corrected chi connectivity index (χ3v) is 4.83. The third-order valence-electron chi connectivity index (χ3n) is 4.83. The Balaban J connectivity index is 1.78. The van der Waals surface area contributed by atoms with Crippen LogP contribution in [0.5, 0.6) is 0 Å². The van der Waals surface area contributed by atoms with Gasteiger partial charge in [-0.2, -0.15) is 0 Å². The number of hydrogen-bond donors (Lipinski definition) is 2. The number of nitrogens with one attached hydrogen (secondary N) is 1. The van der Waals surface area contributed by atoms with Crippen LogP contribution in [0.25, 0.3) is 0 Å². The average molecular weight is 268 g/mol. The maximum atomic E-state index is 12.3. The summed E-state index contributed by atoms with van der Waals surface area (Å²) in [7, 11) is 0. The van der Waals surface area contributed by atoms with Crippen molar-refractivity contribution in [2.75, 3.05) is 13.2 Å². The number of nitrogens with two attached hydrogens (primary N) is 1. The summed E-state index contributed by atoms with van der Waals surface area (Å²) in [6, 6.07) is 0.284. The molecule has 19 heavy (non-hydrogen) atoms. The Morgan fingerprint density at radius 1 is 1.37 bits per heavy atom. The molecular weight excluding hydrogens is 240 g/mol. The van der Waals surface area contributed by atoms with Crippen LogP contribution in [0.2, 0.25) is 0 Å². The van der Waals surface area contributed by atoms with E-state index in [0.717, 1.165) is 45.3 Å². The Morgan fingerprint density at radius 3 is 2.84 bits per heavy atom. The van der Waals surface area contributed by atoms with Crippen LogP contribution in [-0.2, 0) is 9.53 Å². The van der Waals surface area contributed by atoms with Gasteiger partial charge in [0.2, 0.25) is 5.91 Å². The summed E-state index contributed by atoms with van der Waals surface area (Å²) >= 11 is 0. The van der Waals surface area contributed by atoms with E-state index in [1.54, 1.807) is 0 Å². The van der Waals surface area contributed by atoms with E-state index in [9.17, 15) is 4.79 Å². The van der Waals surface area contributed by atoms with Crippen molar-refractivity contribution in [2.24, 2.45) is 23.5 Å². The van der Waals surface area contributed by atoms with Gasteiger partial charge in [-0.25, -0.2) is 0 Å². The lowest BCUT2D eigenvalue weighted by Crippen LogP contribution is -2.42. The van der Waals surface area contributed by atoms with Gasteiger partial charge < -0.3 is 15.8 Å². The maximum Gasteiger partial charge on any atom is 0.223 e. The molecule has 1 aliphatic carbocycles. The predicted octanol–water partition coefficient (Wildman–Crippen LogP) is 1.68. The van der Waals surface area contributed by atoms with Gasteiger partial charge in [0.1, 0.15) is 0 Å². The molecule has 1 aliphatic heterocycles. The van der Waals surface area contributed by atoms with Crippen LogP contribution in [0.3, 0.4) is 0 Å². The smallest absolute Gasteiger partial charge is 0.223 e. The molecule has 2 aliphatic rings. The molecule has 1 saturated heterocycles. The fourth-order valence-electron chi connectivity index (χ4n) is 3.57. The summed E-state index contributed by atoms with van der Waals surface area (Å²) in [6.45, 7) is 5.91. The first-order chi connectivity index (χ1) is 9.11. The predicted molar refractivity (Wildman–Crippen MR) is 75.6 cm³/mol. The molecule has 0 aromatic rings. The standard InChI is InChI=1S/C15H28N2O2/c1-3-14-11(6-7-19-14)9-17-15(18)13-5-4-12(16)8-10(13)2/h10-14H,3-9,16H2,1-2H3,(H,17,18). The van der Waals surface area contributed by atoms with Crippen molar-refractivity contribution >= 4 is 5.91 Å². The highest BCUT2D eigenvalue weighted by Crippen LogP contribution is 2.29. The monoisotopic (exact) mass is 268 g/mol. The van der Waals surface area contributed by atoms with Gasteiger partial charge in [-0.1, -0.05) is 13.8 Å². The van der Waals surface area contributed by atoms with E-state index >= 15 is 0 Å². The molecule has 1 heterocycles. The Bertz CT molecular complexity index is 309. The molecule has 0 bridgehead atoms. The SMILES string of the molecule is CCC1OCCC1CNC(=O)C1CCC(N)CC1C. The zero-order chi connectivity index (χ0) is 13.8. The van der Waals surface area contributed by atoms with E-state index in [4.69, 9.17) is 10.5 Å². The quantitative estimate of drug-likeness (QED) is 0.815. The molecule has 3 N–H and O–H groups in total. The van der Waals surface area contributed by atoms with Gasteiger partial charge in [0.05, 0.1) is 6.10 Å². The number of amides is 1. The van der Waals surface area contributed by atoms with E-state index in [1.807, 2.05) is 0 Å². The molecule has 4 nitrogen and oxygen atoms in total. The highest BCUT2D eigenvalue weighted by molar-refractivity contribution is 5.79. The van der Waals surface area contributed by atoms with Gasteiger partial charge in [-0.3, -0.25) is 4.79 Å². The van der Waals surface area contributed by atoms with Crippen LogP contribution in [0.1, 0.15) is 46.0 Å². The summed E-state index contributed by atoms with van der Waals surface area (Å²) in [5, 5.41) is 3.14. The highest BCUT2D eigenvalue weighted by atomic mass is 16.5. The van der Waals surface area contributed by atoms with E-state index < -0.39 is 0 Å². The summed E-state index contributed by atoms with van der Waals surface area (Å²) in [6.07, 6.45) is 5.33. The fourth-order valence-corrected chi connectivity index (χ4v) is 3.57. The van der Waals surface area contributed by atoms with Gasteiger partial charge in [0.25, 0.3) is 0 Å². The van der Waals surface area contributed by atoms with Gasteiger partial charge in [0.15, 0.2) is 0 Å². The molecular formula is C15H28N2O2. The van der Waals surface area contributed by atoms with E-state index in [1.165, 1.54) is 0 Å². The van der Waals surface area contributed by atoms with Crippen molar-refractivity contribution < 1.29 is 9.53 Å². The van der Waals surface area contributed by atoms with Crippen molar-refractivity contribution in [2.45, 2.75) is 58.1 Å². The lowest BCUT2D eigenvalue weighted by Gasteiger charge is -2.31. The van der Waals surface area contributed by atoms with Crippen molar-refractivity contribution in [3.63, 3.8) is 0 Å². The minimum atomic E-state index is 0.155. The topological polar surface area (TPSA) is 64.3 Å². The number of hydrogen-bond acceptors (Lipinski definition) is 3. The molecule has 4 heteroatoms. The van der Waals surface area contributed by atoms with Crippen molar-refractivity contribution in [1.82, 2.24) is 5.32 Å². The van der Waals surface area contributed by atoms with Crippen LogP contribution in [0.15, 0.2) is 0 Å². The lowest BCUT2D eigenvalue weighted by atomic mass is 9.77. The molecule has 0 radical (unpaired) electrons. The molecule has 0 spiro atoms. The van der Waals surface area contributed by atoms with E-state index in [0.29, 0.717) is 17.9 Å². The first-order valence-corrected chi connectivity index (χ1v) is 7.76. The van der Waals surface area contributed by atoms with Crippen molar-refractivity contribution in [3.05, 3.63) is 0 Å². The van der Waals surface area contributed by atoms with Crippen molar-refractivity contribution in [3.8, 4) is 0 Å². The van der Waals surface area contributed by atoms with Crippen LogP contribution >= 0.6 is 0 Å². The van der Waals surface area contributed by atoms with Gasteiger partial charge >= 0.3 is 0 Å². The van der Waals surface area contributed by atoms with E-state index in [2.05, 4.69) is 19.2 Å². The second kappa shape index (κ2) is 6.71. The zero-order valence-corrected chi connectivity index (χ0v) is 12.2. The highest BCUT2D eigenvalue weighted by Gasteiger charge is 2.32. The Morgan fingerprint density at radius 2 is 2.16 bits per heavy atom. The van der Waals surface area contributed by atoms with Crippen LogP contribution in [-0.4, -0.2) is 31.2 Å². The largest absolute Gasteiger partial charge is 0.378 e. The number of rotatable bonds is 4. The third kappa shape index (κ3) is 3.69. The van der Waals surface area contributed by atoms with Gasteiger partial charge in [-0.05, 0) is 38.0 Å². The summed E-state index contributed by atoms with van der Waals surface area (Å²) in [5.41, 5.74) is 5.95. The zero-order valence-electron chi connectivity index (χ0n) is 12.2. The second-order valence-corrected chi connectivity index (χ2v) is 6.27. The molecule has 2 rings (SSSR count). The fraction of sp³-hybridized carbons (Fsp3) is 0.933. The second-order valence-electron chi connectivity index (χ2n) is 6.27. The summed E-state index contributed by atoms with van der Waals surface area (Å²) in [5.74, 6) is 1.28. The van der Waals surface area contributed by atoms with E-state index in [-0.39, 0.29) is 17.9 Å². The molecule has 1 amide bonds. The number of carbonyl (C=O) groups excluding carboxylic acids is 1. The van der Waals surface area contributed by atoms with Gasteiger partial charge in [0, 0.05) is 31.0 Å². The summed E-state index contributed by atoms with van der Waals surface area (Å²) < 4.78 is 5.66. The average Bonchev–Trinajstić information content (AvgIpc) is 2.83. The van der Waals surface area contributed by atoms with Crippen LogP contribution in [0, 0.1) is 17.8 Å². The molecule has 110 valence electrons. The first kappa shape index (κ1) is 14.8. The minimum Gasteiger partial charge on any atom is -0.378 e. The maximum absolute atomic E-state index is 12.3. The van der Waals surface area contributed by atoms with Gasteiger partial charge in [-0.15, -0.1) is 0 Å². The first-order valence-electron chi connectivity index (χ1n) is 7.76. The summed E-state index contributed by atoms with van der Waals surface area (Å²) in [4.78, 5) is 12.3. The van der Waals surface area contributed by atoms with Crippen LogP contribution < -0.4 is 11.1 Å². The molecule has 5 unspecified atom stereocenters. The van der Waals surface area contributed by atoms with Crippen molar-refractivity contribution in [1.29, 1.82) is 0 Å². The minimum absolute atomic E-state index is 0.155. The number of carbonyl (C=O) groups is 1. The lowest BCUT2D eigenvalue weighted by molar-refractivity contribution is -0.127. The molecule has 0 aromatic carbocycles.